The summed E-state index contributed by atoms with van der Waals surface area (Å²) in [6, 6.07) is 64.1. The van der Waals surface area contributed by atoms with E-state index in [4.69, 9.17) is 9.31 Å². The lowest BCUT2D eigenvalue weighted by Crippen LogP contribution is -2.41. The topological polar surface area (TPSA) is 18.5 Å². The summed E-state index contributed by atoms with van der Waals surface area (Å²) in [5.74, 6) is 0. The maximum absolute atomic E-state index is 6.31. The summed E-state index contributed by atoms with van der Waals surface area (Å²) in [6.07, 6.45) is 0. The van der Waals surface area contributed by atoms with E-state index in [1.165, 1.54) is 148 Å². The molecule has 10 aromatic rings. The third-order valence-electron chi connectivity index (χ3n) is 20.9. The van der Waals surface area contributed by atoms with Crippen LogP contribution < -0.4 is 5.46 Å². The molecule has 15 rings (SSSR count). The van der Waals surface area contributed by atoms with Crippen LogP contribution >= 0.6 is 15.9 Å². The molecular weight excluding hydrogens is 1130 g/mol. The highest BCUT2D eigenvalue weighted by molar-refractivity contribution is 9.10. The molecule has 0 aromatic heterocycles. The fourth-order valence-electron chi connectivity index (χ4n) is 14.7. The van der Waals surface area contributed by atoms with Crippen molar-refractivity contribution < 1.29 is 9.31 Å². The second-order valence-corrected chi connectivity index (χ2v) is 33.0. The molecule has 2 nitrogen and oxygen atoms in total. The van der Waals surface area contributed by atoms with Crippen LogP contribution in [0.5, 0.6) is 0 Å². The number of halogens is 1. The molecule has 0 unspecified atom stereocenters. The summed E-state index contributed by atoms with van der Waals surface area (Å²) in [6.45, 7) is 45.7. The lowest BCUT2D eigenvalue weighted by atomic mass is 9.75. The predicted octanol–water partition coefficient (Wildman–Crippen LogP) is 23.2. The lowest BCUT2D eigenvalue weighted by molar-refractivity contribution is 0.00578. The lowest BCUT2D eigenvalue weighted by Gasteiger charge is -2.32. The Hall–Kier alpha value is -6.82. The molecule has 0 amide bonds. The minimum atomic E-state index is -0.335. The molecule has 0 spiro atoms. The first-order valence-corrected chi connectivity index (χ1v) is 32.9. The molecule has 0 atom stereocenters. The minimum absolute atomic E-state index is 0.0374. The Bertz CT molecular complexity index is 4480. The van der Waals surface area contributed by atoms with E-state index >= 15 is 0 Å². The van der Waals surface area contributed by atoms with Crippen LogP contribution in [0.3, 0.4) is 0 Å². The Morgan fingerprint density at radius 3 is 1.12 bits per heavy atom. The number of hydrogen-bond acceptors (Lipinski definition) is 2. The quantitative estimate of drug-likeness (QED) is 0.161. The van der Waals surface area contributed by atoms with Gasteiger partial charge in [-0.05, 0) is 205 Å². The standard InChI is InChI=1S/C39H38.C23H29Br.C22H21BO2/c1-37(2,3)23-16-17-31-33(21-23)39(7,8)34-22-24(38(4,5)6)20-32(36(31)34)27-18-19-30-26-13-10-9-12-25(26)28-14-11-15-29(27)35(28)30;1-21(2,3)14-9-10-16-17(11-14)23(7,8)18-12-15(22(4,5)6)13-19(24)20(16)18;1-21(2)22(3,4)25-23(24-21)19-13-12-17-15-9-6-5-8-14(15)16-10-7-11-18(19)20(16)17/h9-22H,1-8H3;9-13H,1-8H3;5-13H,1-4H3. The first kappa shape index (κ1) is 60.1. The largest absolute Gasteiger partial charge is 0.495 e. The molecular formula is C84H88BBrO2. The Balaban J connectivity index is 0.000000127. The maximum Gasteiger partial charge on any atom is 0.495 e. The molecule has 10 aromatic carbocycles. The zero-order valence-electron chi connectivity index (χ0n) is 55.9. The van der Waals surface area contributed by atoms with Crippen LogP contribution in [0.25, 0.3) is 99.4 Å². The zero-order valence-corrected chi connectivity index (χ0v) is 57.5. The van der Waals surface area contributed by atoms with Crippen LogP contribution in [-0.2, 0) is 41.8 Å². The molecule has 0 N–H and O–H groups in total. The highest BCUT2D eigenvalue weighted by Gasteiger charge is 2.52. The van der Waals surface area contributed by atoms with Crippen molar-refractivity contribution in [3.05, 3.63) is 219 Å². The van der Waals surface area contributed by atoms with Gasteiger partial charge >= 0.3 is 7.12 Å². The molecule has 5 aliphatic rings. The zero-order chi connectivity index (χ0) is 63.0. The molecule has 446 valence electrons. The fourth-order valence-corrected chi connectivity index (χ4v) is 15.4. The van der Waals surface area contributed by atoms with Crippen molar-refractivity contribution in [1.29, 1.82) is 0 Å². The van der Waals surface area contributed by atoms with Crippen LogP contribution in [0.4, 0.5) is 0 Å². The predicted molar refractivity (Wildman–Crippen MR) is 382 cm³/mol. The first-order valence-electron chi connectivity index (χ1n) is 32.1. The monoisotopic (exact) mass is 1220 g/mol. The molecule has 88 heavy (non-hydrogen) atoms. The van der Waals surface area contributed by atoms with Crippen molar-refractivity contribution in [2.75, 3.05) is 0 Å². The molecule has 1 aliphatic heterocycles. The van der Waals surface area contributed by atoms with Gasteiger partial charge in [0, 0.05) is 20.9 Å². The van der Waals surface area contributed by atoms with Crippen molar-refractivity contribution in [2.45, 2.75) is 182 Å². The van der Waals surface area contributed by atoms with Gasteiger partial charge in [-0.2, -0.15) is 0 Å². The smallest absolute Gasteiger partial charge is 0.399 e. The molecule has 0 saturated carbocycles. The van der Waals surface area contributed by atoms with E-state index in [-0.39, 0.29) is 50.8 Å². The van der Waals surface area contributed by atoms with E-state index in [9.17, 15) is 0 Å². The van der Waals surface area contributed by atoms with E-state index in [1.54, 1.807) is 0 Å². The highest BCUT2D eigenvalue weighted by atomic mass is 79.9. The normalized spacial score (nSPS) is 16.5. The molecule has 0 radical (unpaired) electrons. The van der Waals surface area contributed by atoms with Crippen LogP contribution in [0.1, 0.15) is 183 Å². The molecule has 0 bridgehead atoms. The number of rotatable bonds is 2. The summed E-state index contributed by atoms with van der Waals surface area (Å²) < 4.78 is 13.8. The van der Waals surface area contributed by atoms with Crippen molar-refractivity contribution in [2.24, 2.45) is 0 Å². The van der Waals surface area contributed by atoms with Gasteiger partial charge in [-0.15, -0.1) is 0 Å². The van der Waals surface area contributed by atoms with Crippen molar-refractivity contribution in [3.63, 3.8) is 0 Å². The van der Waals surface area contributed by atoms with Gasteiger partial charge in [0.1, 0.15) is 0 Å². The van der Waals surface area contributed by atoms with E-state index in [0.717, 1.165) is 5.46 Å². The van der Waals surface area contributed by atoms with Gasteiger partial charge in [0.15, 0.2) is 0 Å². The molecule has 4 heteroatoms. The number of benzene rings is 10. The van der Waals surface area contributed by atoms with Gasteiger partial charge in [-0.1, -0.05) is 284 Å². The summed E-state index contributed by atoms with van der Waals surface area (Å²) in [7, 11) is -0.335. The van der Waals surface area contributed by atoms with Gasteiger partial charge in [0.05, 0.1) is 11.2 Å². The Morgan fingerprint density at radius 2 is 0.659 bits per heavy atom. The summed E-state index contributed by atoms with van der Waals surface area (Å²) in [4.78, 5) is 0. The van der Waals surface area contributed by atoms with Crippen molar-refractivity contribution >= 4 is 50.1 Å². The average molecular weight is 1220 g/mol. The van der Waals surface area contributed by atoms with Crippen LogP contribution in [0.15, 0.2) is 174 Å². The number of fused-ring (bicyclic) bond motifs is 12. The van der Waals surface area contributed by atoms with Crippen LogP contribution in [-0.4, -0.2) is 18.3 Å². The SMILES string of the molecule is CC(C)(C)c1ccc2c(c1)C(C)(C)c1cc(C(C)(C)C)cc(-c3ccc4c5c(cccc35)-c3ccccc3-4)c1-2.CC(C)(C)c1ccc2c(c1)C(C)(C)c1cc(C(C)(C)C)cc(Br)c1-2.CC1(C)OB(c2ccc3c4c(cccc24)-c2ccccc2-3)OC1(C)C. The van der Waals surface area contributed by atoms with Crippen LogP contribution in [0.2, 0.25) is 0 Å². The molecule has 4 aliphatic carbocycles. The minimum Gasteiger partial charge on any atom is -0.399 e. The second-order valence-electron chi connectivity index (χ2n) is 32.1. The van der Waals surface area contributed by atoms with E-state index in [0.29, 0.717) is 0 Å². The number of hydrogen-bond donors (Lipinski definition) is 0. The first-order chi connectivity index (χ1) is 41.1. The van der Waals surface area contributed by atoms with Gasteiger partial charge in [0.2, 0.25) is 0 Å². The third-order valence-corrected chi connectivity index (χ3v) is 21.5. The van der Waals surface area contributed by atoms with Gasteiger partial charge < -0.3 is 9.31 Å². The van der Waals surface area contributed by atoms with E-state index in [2.05, 4.69) is 324 Å². The molecule has 1 heterocycles. The van der Waals surface area contributed by atoms with Crippen LogP contribution in [0, 0.1) is 0 Å². The second kappa shape index (κ2) is 20.1. The average Bonchev–Trinajstić information content (AvgIpc) is 1.57. The third kappa shape index (κ3) is 9.46. The van der Waals surface area contributed by atoms with Crippen molar-refractivity contribution in [3.8, 4) is 77.9 Å². The molecule has 1 fully saturated rings. The van der Waals surface area contributed by atoms with Gasteiger partial charge in [-0.3, -0.25) is 0 Å². The summed E-state index contributed by atoms with van der Waals surface area (Å²) in [5.41, 5.74) is 31.3. The van der Waals surface area contributed by atoms with E-state index < -0.39 is 0 Å². The molecule has 1 saturated heterocycles. The fraction of sp³-hybridized carbons (Fsp3) is 0.333. The highest BCUT2D eigenvalue weighted by Crippen LogP contribution is 2.58. The van der Waals surface area contributed by atoms with E-state index in [1.807, 2.05) is 0 Å². The Kier molecular flexibility index (Phi) is 13.7. The summed E-state index contributed by atoms with van der Waals surface area (Å²) in [5, 5.41) is 5.29. The Morgan fingerprint density at radius 1 is 0.307 bits per heavy atom. The van der Waals surface area contributed by atoms with Gasteiger partial charge in [-0.25, -0.2) is 0 Å². The summed E-state index contributed by atoms with van der Waals surface area (Å²) >= 11 is 3.87. The Labute approximate surface area is 534 Å². The maximum atomic E-state index is 6.31. The van der Waals surface area contributed by atoms with Crippen molar-refractivity contribution in [1.82, 2.24) is 0 Å². The van der Waals surface area contributed by atoms with Gasteiger partial charge in [0.25, 0.3) is 0 Å².